The molecule has 0 aliphatic heterocycles. The summed E-state index contributed by atoms with van der Waals surface area (Å²) in [7, 11) is 3.31. The summed E-state index contributed by atoms with van der Waals surface area (Å²) in [6, 6.07) is 6.70. The van der Waals surface area contributed by atoms with Crippen LogP contribution in [-0.4, -0.2) is 50.3 Å². The van der Waals surface area contributed by atoms with E-state index in [1.165, 1.54) is 6.07 Å². The number of nitro benzene ring substituents is 1. The van der Waals surface area contributed by atoms with Crippen LogP contribution in [-0.2, 0) is 16.0 Å². The van der Waals surface area contributed by atoms with Crippen LogP contribution in [0.4, 0.5) is 5.69 Å². The minimum absolute atomic E-state index is 0.121. The molecule has 0 aromatic heterocycles. The maximum Gasteiger partial charge on any atom is 0.269 e. The smallest absolute Gasteiger partial charge is 0.269 e. The van der Waals surface area contributed by atoms with Crippen LogP contribution in [0.15, 0.2) is 24.3 Å². The van der Waals surface area contributed by atoms with Crippen molar-refractivity contribution in [1.29, 1.82) is 0 Å². The van der Waals surface area contributed by atoms with Crippen molar-refractivity contribution in [3.63, 3.8) is 0 Å². The van der Waals surface area contributed by atoms with E-state index in [0.717, 1.165) is 18.7 Å². The minimum Gasteiger partial charge on any atom is -0.383 e. The summed E-state index contributed by atoms with van der Waals surface area (Å²) in [5, 5.41) is 10.7. The first-order valence-corrected chi connectivity index (χ1v) is 6.11. The molecule has 0 bridgehead atoms. The van der Waals surface area contributed by atoms with Gasteiger partial charge >= 0.3 is 0 Å². The number of non-ortho nitro benzene ring substituents is 1. The molecule has 1 aromatic carbocycles. The second kappa shape index (κ2) is 8.58. The molecular weight excluding hydrogens is 248 g/mol. The number of nitro groups is 1. The van der Waals surface area contributed by atoms with E-state index in [1.54, 1.807) is 26.4 Å². The molecule has 6 heteroatoms. The van der Waals surface area contributed by atoms with Crippen LogP contribution in [0, 0.1) is 10.1 Å². The third kappa shape index (κ3) is 5.78. The fraction of sp³-hybridized carbons (Fsp3) is 0.538. The number of hydrogen-bond donors (Lipinski definition) is 0. The zero-order chi connectivity index (χ0) is 14.1. The second-order valence-electron chi connectivity index (χ2n) is 4.19. The lowest BCUT2D eigenvalue weighted by molar-refractivity contribution is -0.384. The molecule has 1 aromatic rings. The first-order valence-electron chi connectivity index (χ1n) is 6.11. The summed E-state index contributed by atoms with van der Waals surface area (Å²) in [4.78, 5) is 12.5. The van der Waals surface area contributed by atoms with Crippen LogP contribution >= 0.6 is 0 Å². The van der Waals surface area contributed by atoms with E-state index in [9.17, 15) is 10.1 Å². The van der Waals surface area contributed by atoms with Crippen molar-refractivity contribution in [2.75, 3.05) is 40.5 Å². The largest absolute Gasteiger partial charge is 0.383 e. The molecule has 6 nitrogen and oxygen atoms in total. The fourth-order valence-electron chi connectivity index (χ4n) is 1.74. The highest BCUT2D eigenvalue weighted by atomic mass is 16.6. The maximum atomic E-state index is 10.7. The molecule has 1 rings (SSSR count). The van der Waals surface area contributed by atoms with Gasteiger partial charge in [-0.1, -0.05) is 12.1 Å². The SMILES string of the molecule is COCCN(CCOC)Cc1cccc([N+](=O)[O-])c1. The van der Waals surface area contributed by atoms with Gasteiger partial charge < -0.3 is 9.47 Å². The zero-order valence-corrected chi connectivity index (χ0v) is 11.4. The summed E-state index contributed by atoms with van der Waals surface area (Å²) >= 11 is 0. The van der Waals surface area contributed by atoms with E-state index in [0.29, 0.717) is 19.8 Å². The fourth-order valence-corrected chi connectivity index (χ4v) is 1.74. The Morgan fingerprint density at radius 2 is 1.84 bits per heavy atom. The number of ether oxygens (including phenoxy) is 2. The van der Waals surface area contributed by atoms with Gasteiger partial charge in [-0.25, -0.2) is 0 Å². The van der Waals surface area contributed by atoms with Gasteiger partial charge in [0.15, 0.2) is 0 Å². The van der Waals surface area contributed by atoms with Crippen molar-refractivity contribution in [3.8, 4) is 0 Å². The van der Waals surface area contributed by atoms with Gasteiger partial charge in [0.25, 0.3) is 5.69 Å². The van der Waals surface area contributed by atoms with Crippen LogP contribution in [0.5, 0.6) is 0 Å². The molecule has 0 N–H and O–H groups in total. The predicted octanol–water partition coefficient (Wildman–Crippen LogP) is 1.69. The third-order valence-electron chi connectivity index (χ3n) is 2.75. The Labute approximate surface area is 113 Å². The quantitative estimate of drug-likeness (QED) is 0.503. The van der Waals surface area contributed by atoms with E-state index in [2.05, 4.69) is 4.90 Å². The van der Waals surface area contributed by atoms with Gasteiger partial charge in [0.2, 0.25) is 0 Å². The lowest BCUT2D eigenvalue weighted by Crippen LogP contribution is -2.30. The van der Waals surface area contributed by atoms with E-state index < -0.39 is 0 Å². The summed E-state index contributed by atoms with van der Waals surface area (Å²) in [6.07, 6.45) is 0. The van der Waals surface area contributed by atoms with Crippen molar-refractivity contribution < 1.29 is 14.4 Å². The Kier molecular flexibility index (Phi) is 7.02. The standard InChI is InChI=1S/C13H20N2O4/c1-18-8-6-14(7-9-19-2)11-12-4-3-5-13(10-12)15(16)17/h3-5,10H,6-9,11H2,1-2H3. The highest BCUT2D eigenvalue weighted by Crippen LogP contribution is 2.14. The molecule has 0 saturated heterocycles. The van der Waals surface area contributed by atoms with Crippen LogP contribution in [0.2, 0.25) is 0 Å². The van der Waals surface area contributed by atoms with Crippen molar-refractivity contribution in [2.45, 2.75) is 6.54 Å². The molecule has 106 valence electrons. The average molecular weight is 268 g/mol. The van der Waals surface area contributed by atoms with Crippen molar-refractivity contribution in [1.82, 2.24) is 4.90 Å². The second-order valence-corrected chi connectivity index (χ2v) is 4.19. The molecule has 0 spiro atoms. The predicted molar refractivity (Wildman–Crippen MR) is 72.1 cm³/mol. The van der Waals surface area contributed by atoms with Crippen LogP contribution in [0.25, 0.3) is 0 Å². The Bertz CT molecular complexity index is 390. The van der Waals surface area contributed by atoms with Gasteiger partial charge in [0.1, 0.15) is 0 Å². The van der Waals surface area contributed by atoms with E-state index in [-0.39, 0.29) is 10.6 Å². The normalized spacial score (nSPS) is 10.9. The van der Waals surface area contributed by atoms with E-state index in [1.807, 2.05) is 6.07 Å². The topological polar surface area (TPSA) is 64.8 Å². The van der Waals surface area contributed by atoms with Gasteiger partial charge in [0.05, 0.1) is 18.1 Å². The Morgan fingerprint density at radius 3 is 2.37 bits per heavy atom. The van der Waals surface area contributed by atoms with Gasteiger partial charge in [-0.05, 0) is 5.56 Å². The molecule has 0 atom stereocenters. The highest BCUT2D eigenvalue weighted by molar-refractivity contribution is 5.34. The van der Waals surface area contributed by atoms with E-state index in [4.69, 9.17) is 9.47 Å². The number of benzene rings is 1. The first-order chi connectivity index (χ1) is 9.17. The lowest BCUT2D eigenvalue weighted by atomic mass is 10.2. The Balaban J connectivity index is 2.65. The summed E-state index contributed by atoms with van der Waals surface area (Å²) in [5.41, 5.74) is 1.04. The number of nitrogens with zero attached hydrogens (tertiary/aromatic N) is 2. The molecule has 0 unspecified atom stereocenters. The molecule has 0 fully saturated rings. The molecule has 0 heterocycles. The molecule has 0 aliphatic rings. The molecule has 19 heavy (non-hydrogen) atoms. The number of methoxy groups -OCH3 is 2. The molecule has 0 aliphatic carbocycles. The molecular formula is C13H20N2O4. The van der Waals surface area contributed by atoms with Crippen molar-refractivity contribution in [2.24, 2.45) is 0 Å². The van der Waals surface area contributed by atoms with Crippen LogP contribution in [0.3, 0.4) is 0 Å². The first kappa shape index (κ1) is 15.6. The minimum atomic E-state index is -0.377. The van der Waals surface area contributed by atoms with Crippen LogP contribution in [0.1, 0.15) is 5.56 Å². The van der Waals surface area contributed by atoms with Crippen molar-refractivity contribution >= 4 is 5.69 Å². The molecule has 0 radical (unpaired) electrons. The number of hydrogen-bond acceptors (Lipinski definition) is 5. The number of rotatable bonds is 9. The molecule has 0 amide bonds. The third-order valence-corrected chi connectivity index (χ3v) is 2.75. The van der Waals surface area contributed by atoms with E-state index >= 15 is 0 Å². The summed E-state index contributed by atoms with van der Waals surface area (Å²) in [6.45, 7) is 3.43. The Morgan fingerprint density at radius 1 is 1.21 bits per heavy atom. The van der Waals surface area contributed by atoms with Gasteiger partial charge in [0, 0.05) is 46.0 Å². The summed E-state index contributed by atoms with van der Waals surface area (Å²) < 4.78 is 10.1. The van der Waals surface area contributed by atoms with Gasteiger partial charge in [-0.3, -0.25) is 15.0 Å². The summed E-state index contributed by atoms with van der Waals surface area (Å²) in [5.74, 6) is 0. The Hall–Kier alpha value is -1.50. The van der Waals surface area contributed by atoms with Crippen LogP contribution < -0.4 is 0 Å². The highest BCUT2D eigenvalue weighted by Gasteiger charge is 2.09. The van der Waals surface area contributed by atoms with Crippen molar-refractivity contribution in [3.05, 3.63) is 39.9 Å². The van der Waals surface area contributed by atoms with Gasteiger partial charge in [-0.2, -0.15) is 0 Å². The lowest BCUT2D eigenvalue weighted by Gasteiger charge is -2.21. The zero-order valence-electron chi connectivity index (χ0n) is 11.4. The average Bonchev–Trinajstić information content (AvgIpc) is 2.42. The molecule has 0 saturated carbocycles. The van der Waals surface area contributed by atoms with Gasteiger partial charge in [-0.15, -0.1) is 0 Å². The maximum absolute atomic E-state index is 10.7. The monoisotopic (exact) mass is 268 g/mol.